The molecule has 3 heterocycles. The summed E-state index contributed by atoms with van der Waals surface area (Å²) in [6.07, 6.45) is 5.58. The first kappa shape index (κ1) is 102. The Balaban J connectivity index is 0.678. The van der Waals surface area contributed by atoms with E-state index in [4.69, 9.17) is 103 Å². The van der Waals surface area contributed by atoms with Gasteiger partial charge in [0.2, 0.25) is 36.0 Å². The van der Waals surface area contributed by atoms with Gasteiger partial charge in [0.25, 0.3) is 0 Å². The van der Waals surface area contributed by atoms with Gasteiger partial charge in [-0.15, -0.1) is 11.6 Å². The normalized spacial score (nSPS) is 18.2. The molecule has 5 atom stereocenters. The summed E-state index contributed by atoms with van der Waals surface area (Å²) < 4.78 is 127. The number of piperidine rings is 1. The fourth-order valence-electron chi connectivity index (χ4n) is 15.7. The van der Waals surface area contributed by atoms with Gasteiger partial charge < -0.3 is 90.2 Å². The van der Waals surface area contributed by atoms with Crippen molar-refractivity contribution in [3.63, 3.8) is 0 Å². The zero-order chi connectivity index (χ0) is 90.2. The Bertz CT molecular complexity index is 4670. The number of aliphatic carboxylic acids is 1. The third-order valence-corrected chi connectivity index (χ3v) is 27.9. The van der Waals surface area contributed by atoms with Gasteiger partial charge in [-0.25, -0.2) is 58.6 Å². The first-order chi connectivity index (χ1) is 59.7. The zero-order valence-electron chi connectivity index (χ0n) is 70.6. The van der Waals surface area contributed by atoms with Crippen LogP contribution in [0.1, 0.15) is 102 Å². The smallest absolute Gasteiger partial charge is 0.329 e. The Morgan fingerprint density at radius 1 is 0.456 bits per heavy atom. The largest absolute Gasteiger partial charge is 0.480 e. The quantitative estimate of drug-likeness (QED) is 0.0128. The lowest BCUT2D eigenvalue weighted by Crippen LogP contribution is -2.51. The molecule has 11 N–H and O–H groups in total. The van der Waals surface area contributed by atoms with Crippen molar-refractivity contribution in [2.45, 2.75) is 102 Å². The molecule has 9 rings (SSSR count). The molecule has 5 aromatic rings. The van der Waals surface area contributed by atoms with Gasteiger partial charge in [0.15, 0.2) is 0 Å². The second-order valence-corrected chi connectivity index (χ2v) is 39.2. The zero-order valence-corrected chi connectivity index (χ0v) is 77.6. The summed E-state index contributed by atoms with van der Waals surface area (Å²) in [4.78, 5) is 70.8. The summed E-state index contributed by atoms with van der Waals surface area (Å²) in [5.41, 5.74) is 5.90. The molecule has 0 aromatic heterocycles. The Labute approximate surface area is 762 Å². The first-order valence-electron chi connectivity index (χ1n) is 41.4. The molecular weight excluding hydrogens is 1800 g/mol. The van der Waals surface area contributed by atoms with Gasteiger partial charge in [0.1, 0.15) is 13.2 Å². The fourth-order valence-corrected chi connectivity index (χ4v) is 20.6. The maximum atomic E-state index is 13.6. The molecule has 0 radical (unpaired) electrons. The number of carboxylic acids is 1. The molecule has 125 heavy (non-hydrogen) atoms. The Hall–Kier alpha value is -6.60. The van der Waals surface area contributed by atoms with Gasteiger partial charge in [-0.1, -0.05) is 107 Å². The number of carbonyl (C=O) groups excluding carboxylic acids is 4. The molecule has 1 fully saturated rings. The number of carboxylic acid groups (broad SMARTS) is 1. The van der Waals surface area contributed by atoms with E-state index >= 15 is 0 Å². The van der Waals surface area contributed by atoms with Crippen LogP contribution in [0.25, 0.3) is 0 Å². The lowest BCUT2D eigenvalue weighted by molar-refractivity contribution is -0.144. The number of fused-ring (bicyclic) bond motifs is 3. The topological polar surface area (TPSA) is 403 Å². The van der Waals surface area contributed by atoms with Crippen LogP contribution in [0.15, 0.2) is 135 Å². The summed E-state index contributed by atoms with van der Waals surface area (Å²) >= 11 is 39.2. The molecule has 2 unspecified atom stereocenters. The summed E-state index contributed by atoms with van der Waals surface area (Å²) in [6, 6.07) is 26.1. The molecule has 0 saturated carbocycles. The van der Waals surface area contributed by atoms with E-state index in [9.17, 15) is 54.3 Å². The third-order valence-electron chi connectivity index (χ3n) is 21.6. The number of hydrogen-bond acceptors (Lipinski definition) is 21. The number of benzene rings is 5. The Kier molecular flexibility index (Phi) is 41.3. The number of urea groups is 3. The number of alkyl halides is 1. The van der Waals surface area contributed by atoms with Gasteiger partial charge in [0.05, 0.1) is 99.3 Å². The van der Waals surface area contributed by atoms with Gasteiger partial charge >= 0.3 is 24.1 Å². The van der Waals surface area contributed by atoms with E-state index in [1.165, 1.54) is 12.1 Å². The number of hydrogen-bond donors (Lipinski definition) is 11. The number of likely N-dealkylation sites (tertiary alicyclic amines) is 1. The van der Waals surface area contributed by atoms with Crippen molar-refractivity contribution in [3.05, 3.63) is 179 Å². The van der Waals surface area contributed by atoms with Crippen LogP contribution in [0, 0.1) is 5.41 Å². The molecule has 7 amide bonds. The van der Waals surface area contributed by atoms with Crippen LogP contribution in [0.3, 0.4) is 0 Å². The third kappa shape index (κ3) is 32.5. The number of amides is 7. The van der Waals surface area contributed by atoms with Crippen molar-refractivity contribution in [2.24, 2.45) is 5.41 Å². The predicted octanol–water partition coefficient (Wildman–Crippen LogP) is 8.69. The van der Waals surface area contributed by atoms with Gasteiger partial charge in [-0.05, 0) is 171 Å². The number of carbonyl (C=O) groups is 5. The van der Waals surface area contributed by atoms with E-state index in [1.54, 1.807) is 54.6 Å². The molecule has 0 spiro atoms. The summed E-state index contributed by atoms with van der Waals surface area (Å²) in [7, 11) is -5.72. The monoisotopic (exact) mass is 1920 g/mol. The van der Waals surface area contributed by atoms with E-state index in [0.717, 1.165) is 51.1 Å². The van der Waals surface area contributed by atoms with Crippen molar-refractivity contribution in [2.75, 3.05) is 199 Å². The number of likely N-dealkylation sites (N-methyl/N-ethyl adjacent to an activating group) is 3. The van der Waals surface area contributed by atoms with Gasteiger partial charge in [-0.3, -0.25) is 4.79 Å². The highest BCUT2D eigenvalue weighted by atomic mass is 35.5. The molecule has 41 heteroatoms. The Morgan fingerprint density at radius 2 is 0.808 bits per heavy atom. The van der Waals surface area contributed by atoms with Crippen molar-refractivity contribution in [1.29, 1.82) is 0 Å². The number of nitrogens with zero attached hydrogens (tertiary/aromatic N) is 3. The Morgan fingerprint density at radius 3 is 1.18 bits per heavy atom. The van der Waals surface area contributed by atoms with Crippen LogP contribution in [0.2, 0.25) is 20.1 Å². The maximum absolute atomic E-state index is 13.6. The molecule has 5 aromatic carbocycles. The van der Waals surface area contributed by atoms with Crippen LogP contribution < -0.4 is 51.4 Å². The average Bonchev–Trinajstić information content (AvgIpc) is 0.745. The van der Waals surface area contributed by atoms with E-state index in [1.807, 2.05) is 63.6 Å². The summed E-state index contributed by atoms with van der Waals surface area (Å²) in [5, 5.41) is 31.3. The molecule has 1 aliphatic carbocycles. The number of allylic oxidation sites excluding steroid dienone is 3. The summed E-state index contributed by atoms with van der Waals surface area (Å²) in [5.74, 6) is -2.33. The fraction of sp³-hybridized carbons (Fsp3) is 0.536. The van der Waals surface area contributed by atoms with Crippen molar-refractivity contribution < 1.29 is 87.5 Å². The van der Waals surface area contributed by atoms with Crippen molar-refractivity contribution in [1.82, 2.24) is 66.1 Å². The number of ether oxygens (including phenoxy) is 7. The minimum absolute atomic E-state index is 0.00142. The van der Waals surface area contributed by atoms with Crippen molar-refractivity contribution in [3.8, 4) is 0 Å². The van der Waals surface area contributed by atoms with Crippen molar-refractivity contribution >= 4 is 130 Å². The first-order valence-corrected chi connectivity index (χ1v) is 48.2. The van der Waals surface area contributed by atoms with Crippen LogP contribution in [0.5, 0.6) is 0 Å². The molecule has 3 aliphatic heterocycles. The lowest BCUT2D eigenvalue weighted by atomic mass is 9.66. The predicted molar refractivity (Wildman–Crippen MR) is 480 cm³/mol. The number of sulfonamides is 3. The molecule has 690 valence electrons. The number of halogens is 6. The standard InChI is InChI=1S/C84H115Cl6N13O19S3/c1-83-57-103(4)52-71(74(83)46-63(87)49-77(83)90)60-13-7-16-66(43-60)125(114,115)99-28-34-121-40-37-118-31-25-96-82(109)93-22-10-19-84(100-78(104)55-122-56-79(105)106,17-8-20-91-80(107)94-23-29-116-35-38-119-32-26-97-123(110,111)64-14-5-11-58(41-64)69-50-101(2)53-72-67(69)44-61(85)47-75(72)88)18-9-21-92-81(108)95-24-30-117-36-39-120-33-27-98-124(112,113)65-15-6-12-59(42-65)70-51-102(3)54-73-68(70)45-62(86)48-76(73)89/h5-7,11-16,41-49,69-71,77,97-99H,8-10,17-40,50-57H2,1-4H3,(H,100,104)(H,105,106)(H2,91,94,107)(H2,92,95,108)(H2,93,96,109)/t69-,70-,71-,77?,83?/m0/s1. The molecule has 4 aliphatic rings. The van der Waals surface area contributed by atoms with Crippen LogP contribution in [0.4, 0.5) is 14.4 Å². The highest BCUT2D eigenvalue weighted by molar-refractivity contribution is 7.90. The highest BCUT2D eigenvalue weighted by Crippen LogP contribution is 2.51. The van der Waals surface area contributed by atoms with E-state index in [0.29, 0.717) is 77.1 Å². The maximum Gasteiger partial charge on any atom is 0.329 e. The van der Waals surface area contributed by atoms with E-state index in [2.05, 4.69) is 73.0 Å². The van der Waals surface area contributed by atoms with Crippen LogP contribution in [-0.4, -0.2) is 285 Å². The van der Waals surface area contributed by atoms with Gasteiger partial charge in [0, 0.05) is 152 Å². The lowest BCUT2D eigenvalue weighted by Gasteiger charge is -2.49. The second-order valence-electron chi connectivity index (χ2n) is 31.3. The van der Waals surface area contributed by atoms with Gasteiger partial charge in [-0.2, -0.15) is 0 Å². The SMILES string of the molecule is CN1Cc2c(Cl)cc(Cl)cc2[C@H](c2cccc(S(=O)(=O)NCCOCCOCCNC(=O)NCCCC(CCCNC(=O)NCCOCCOCCNS(=O)(=O)c3cccc([C@@H]4CN(C)Cc5c(Cl)cc(Cl)cc54)c3)(CCCNC(=O)NCCOCCOCCNS(=O)(=O)c3cccc([C@@H]4CN(C)CC5(C)C4=CC(Cl)=CC5Cl)c3)NC(=O)COCC(=O)O)c2)C1. The van der Waals surface area contributed by atoms with E-state index in [-0.39, 0.29) is 195 Å². The minimum atomic E-state index is -3.90. The highest BCUT2D eigenvalue weighted by Gasteiger charge is 2.46. The average molecular weight is 1920 g/mol. The molecule has 32 nitrogen and oxygen atoms in total. The number of nitrogens with one attached hydrogen (secondary N) is 10. The summed E-state index contributed by atoms with van der Waals surface area (Å²) in [6.45, 7) is 7.07. The van der Waals surface area contributed by atoms with E-state index < -0.39 is 84.2 Å². The van der Waals surface area contributed by atoms with Crippen LogP contribution in [-0.2, 0) is 85.9 Å². The second kappa shape index (κ2) is 50.5. The molecule has 0 bridgehead atoms. The minimum Gasteiger partial charge on any atom is -0.480 e. The molecular formula is C84H115Cl6N13O19S3. The number of rotatable bonds is 53. The van der Waals surface area contributed by atoms with Crippen LogP contribution >= 0.6 is 69.6 Å². The molecule has 1 saturated heterocycles.